The molecule has 0 aliphatic heterocycles. The molecule has 6 aromatic rings. The minimum Gasteiger partial charge on any atom is -0.395 e. The lowest BCUT2D eigenvalue weighted by molar-refractivity contribution is 0.161. The lowest BCUT2D eigenvalue weighted by Crippen LogP contribution is -2.08. The number of halogens is 1. The van der Waals surface area contributed by atoms with Crippen molar-refractivity contribution < 1.29 is 26.5 Å². The highest BCUT2D eigenvalue weighted by molar-refractivity contribution is 9.18. The average Bonchev–Trinajstić information content (AvgIpc) is 3.87. The number of oxime groups is 2. The van der Waals surface area contributed by atoms with E-state index < -0.39 is 23.1 Å². The van der Waals surface area contributed by atoms with Crippen LogP contribution in [0.4, 0.5) is 0 Å². The second-order valence-electron chi connectivity index (χ2n) is 13.0. The molecular weight excluding hydrogens is 913 g/mol. The fraction of sp³-hybridized carbons (Fsp3) is 0.385. The molecular formula is C39H45BrN10O6S4. The quantitative estimate of drug-likeness (QED) is 0.0584. The molecule has 0 bridgehead atoms. The molecule has 0 unspecified atom stereocenters. The van der Waals surface area contributed by atoms with Crippen molar-refractivity contribution in [1.29, 1.82) is 0 Å². The number of aryl methyl sites for hydroxylation is 4. The van der Waals surface area contributed by atoms with Gasteiger partial charge < -0.3 is 9.68 Å². The van der Waals surface area contributed by atoms with Crippen molar-refractivity contribution in [2.24, 2.45) is 16.2 Å². The van der Waals surface area contributed by atoms with Gasteiger partial charge in [-0.25, -0.2) is 19.0 Å². The highest BCUT2D eigenvalue weighted by Gasteiger charge is 2.30. The third-order valence-corrected chi connectivity index (χ3v) is 10.4. The zero-order valence-electron chi connectivity index (χ0n) is 33.9. The third kappa shape index (κ3) is 13.9. The maximum Gasteiger partial charge on any atom is 0.335 e. The van der Waals surface area contributed by atoms with E-state index in [1.807, 2.05) is 62.1 Å². The number of nitrogens with zero attached hydrogens (tertiary/aromatic N) is 10. The standard InChI is InChI=1S/C21H25N5OS.C18H20BrN5OS.2O2S/c1-4-15-12-17(19(16-5-6-16)25-27-9-10-28-3)13-22-20(15)21-23-18-11-14(2)7-8-26(18)24-21;1-4-13-10-14(17(19)23-25-7-8-26-3)11-20-16(13)18-21-15-9-12(2)5-6-24(15)22-18;2*1-3-2/h7-8,11-13,16H,4-6,9-10H2,1-3H3;5-6,9-11H,4,7-8H2,1-3H3;;/b25-19+;23-17-;;. The number of thioether (sulfide) groups is 2. The monoisotopic (exact) mass is 956 g/mol. The van der Waals surface area contributed by atoms with Crippen LogP contribution in [-0.2, 0) is 45.7 Å². The highest BCUT2D eigenvalue weighted by Crippen LogP contribution is 2.34. The molecule has 318 valence electrons. The summed E-state index contributed by atoms with van der Waals surface area (Å²) in [6.07, 6.45) is 15.6. The van der Waals surface area contributed by atoms with Gasteiger partial charge in [0.05, 0.1) is 5.71 Å². The van der Waals surface area contributed by atoms with Gasteiger partial charge in [-0.1, -0.05) is 24.2 Å². The van der Waals surface area contributed by atoms with E-state index in [2.05, 4.69) is 84.5 Å². The lowest BCUT2D eigenvalue weighted by Gasteiger charge is -2.09. The Morgan fingerprint density at radius 2 is 1.18 bits per heavy atom. The molecule has 6 heterocycles. The van der Waals surface area contributed by atoms with Gasteiger partial charge in [-0.3, -0.25) is 9.97 Å². The van der Waals surface area contributed by atoms with Crippen LogP contribution in [0.15, 0.2) is 71.5 Å². The van der Waals surface area contributed by atoms with E-state index in [1.54, 1.807) is 38.8 Å². The Balaban J connectivity index is 0.000000235. The van der Waals surface area contributed by atoms with Gasteiger partial charge in [0.15, 0.2) is 15.9 Å². The van der Waals surface area contributed by atoms with Crippen LogP contribution in [0.3, 0.4) is 0 Å². The number of fused-ring (bicyclic) bond motifs is 2. The first-order valence-corrected chi connectivity index (χ1v) is 23.6. The maximum atomic E-state index is 8.29. The van der Waals surface area contributed by atoms with Crippen molar-refractivity contribution in [1.82, 2.24) is 39.2 Å². The highest BCUT2D eigenvalue weighted by atomic mass is 79.9. The normalized spacial score (nSPS) is 12.4. The second kappa shape index (κ2) is 25.2. The SMILES string of the molecule is CCc1cc(/C(=N/OCCSC)C2CC2)cnc1-c1nc2cc(C)ccn2n1.CCc1cc(/C(Br)=N/OCCSC)cnc1-c1nc2cc(C)ccn2n1.O=S=O.O=S=O. The minimum atomic E-state index is -0.750. The topological polar surface area (TPSA) is 198 Å². The number of rotatable bonds is 15. The van der Waals surface area contributed by atoms with Gasteiger partial charge in [-0.05, 0) is 127 Å². The molecule has 6 aromatic heterocycles. The van der Waals surface area contributed by atoms with Crippen molar-refractivity contribution in [3.63, 3.8) is 0 Å². The lowest BCUT2D eigenvalue weighted by atomic mass is 10.0. The molecule has 0 spiro atoms. The van der Waals surface area contributed by atoms with Crippen LogP contribution in [-0.4, -0.2) is 104 Å². The van der Waals surface area contributed by atoms with Gasteiger partial charge in [-0.15, -0.1) is 10.2 Å². The van der Waals surface area contributed by atoms with Gasteiger partial charge in [0.25, 0.3) is 0 Å². The maximum absolute atomic E-state index is 8.29. The van der Waals surface area contributed by atoms with E-state index in [1.165, 1.54) is 12.8 Å². The molecule has 7 rings (SSSR count). The fourth-order valence-corrected chi connectivity index (χ4v) is 6.42. The van der Waals surface area contributed by atoms with Gasteiger partial charge in [-0.2, -0.15) is 40.4 Å². The summed E-state index contributed by atoms with van der Waals surface area (Å²) in [5, 5.41) is 17.7. The van der Waals surface area contributed by atoms with E-state index in [0.29, 0.717) is 35.4 Å². The molecule has 0 N–H and O–H groups in total. The Morgan fingerprint density at radius 1 is 0.733 bits per heavy atom. The van der Waals surface area contributed by atoms with E-state index >= 15 is 0 Å². The average molecular weight is 958 g/mol. The molecule has 1 saturated carbocycles. The van der Waals surface area contributed by atoms with Crippen LogP contribution in [0, 0.1) is 19.8 Å². The molecule has 16 nitrogen and oxygen atoms in total. The second-order valence-corrected chi connectivity index (χ2v) is 16.0. The van der Waals surface area contributed by atoms with Crippen LogP contribution in [0.2, 0.25) is 0 Å². The number of pyridine rings is 4. The van der Waals surface area contributed by atoms with Crippen molar-refractivity contribution in [3.05, 3.63) is 94.6 Å². The molecule has 60 heavy (non-hydrogen) atoms. The molecule has 1 aliphatic carbocycles. The van der Waals surface area contributed by atoms with Gasteiger partial charge in [0.1, 0.15) is 24.6 Å². The summed E-state index contributed by atoms with van der Waals surface area (Å²) in [6, 6.07) is 12.3. The molecule has 1 aliphatic rings. The largest absolute Gasteiger partial charge is 0.395 e. The number of hydrogen-bond donors (Lipinski definition) is 0. The van der Waals surface area contributed by atoms with Crippen LogP contribution in [0.1, 0.15) is 60.1 Å². The summed E-state index contributed by atoms with van der Waals surface area (Å²) >= 11 is 5.44. The summed E-state index contributed by atoms with van der Waals surface area (Å²) in [6.45, 7) is 9.52. The molecule has 1 fully saturated rings. The molecule has 0 saturated heterocycles. The van der Waals surface area contributed by atoms with Gasteiger partial charge >= 0.3 is 23.1 Å². The Labute approximate surface area is 372 Å². The summed E-state index contributed by atoms with van der Waals surface area (Å²) < 4.78 is 37.4. The summed E-state index contributed by atoms with van der Waals surface area (Å²) in [5.74, 6) is 3.62. The summed E-state index contributed by atoms with van der Waals surface area (Å²) in [5.41, 5.74) is 10.7. The predicted octanol–water partition coefficient (Wildman–Crippen LogP) is 6.91. The van der Waals surface area contributed by atoms with Crippen LogP contribution in [0.5, 0.6) is 0 Å². The van der Waals surface area contributed by atoms with Crippen LogP contribution < -0.4 is 0 Å². The van der Waals surface area contributed by atoms with E-state index in [0.717, 1.165) is 86.1 Å². The molecule has 21 heteroatoms. The Kier molecular flexibility index (Phi) is 20.1. The third-order valence-electron chi connectivity index (χ3n) is 8.67. The first-order chi connectivity index (χ1) is 29.1. The first kappa shape index (κ1) is 48.0. The zero-order valence-corrected chi connectivity index (χ0v) is 38.8. The molecule has 0 radical (unpaired) electrons. The minimum absolute atomic E-state index is 0.489. The Morgan fingerprint density at radius 3 is 1.63 bits per heavy atom. The van der Waals surface area contributed by atoms with Crippen molar-refractivity contribution >= 4 is 84.2 Å². The van der Waals surface area contributed by atoms with Gasteiger partial charge in [0, 0.05) is 53.3 Å². The van der Waals surface area contributed by atoms with Crippen LogP contribution >= 0.6 is 39.5 Å². The van der Waals surface area contributed by atoms with E-state index in [4.69, 9.17) is 31.5 Å². The van der Waals surface area contributed by atoms with Crippen molar-refractivity contribution in [2.75, 3.05) is 37.2 Å². The number of aromatic nitrogens is 8. The molecule has 0 amide bonds. The summed E-state index contributed by atoms with van der Waals surface area (Å²) in [4.78, 5) is 29.5. The fourth-order valence-electron chi connectivity index (χ4n) is 5.61. The van der Waals surface area contributed by atoms with Gasteiger partial charge in [0.2, 0.25) is 11.6 Å². The van der Waals surface area contributed by atoms with Crippen molar-refractivity contribution in [3.8, 4) is 23.0 Å². The zero-order chi connectivity index (χ0) is 43.4. The number of hydrogen-bond acceptors (Lipinski definition) is 16. The Hall–Kier alpha value is -4.70. The van der Waals surface area contributed by atoms with E-state index in [-0.39, 0.29) is 0 Å². The molecule has 0 aromatic carbocycles. The van der Waals surface area contributed by atoms with Crippen LogP contribution in [0.25, 0.3) is 34.3 Å². The smallest absolute Gasteiger partial charge is 0.335 e. The first-order valence-electron chi connectivity index (χ1n) is 18.7. The van der Waals surface area contributed by atoms with Crippen molar-refractivity contribution in [2.45, 2.75) is 53.4 Å². The summed E-state index contributed by atoms with van der Waals surface area (Å²) in [7, 11) is 0. The van der Waals surface area contributed by atoms with E-state index in [9.17, 15) is 0 Å². The molecule has 0 atom stereocenters. The Bertz CT molecular complexity index is 2470. The predicted molar refractivity (Wildman–Crippen MR) is 242 cm³/mol.